The van der Waals surface area contributed by atoms with Crippen molar-refractivity contribution in [1.29, 1.82) is 0 Å². The fourth-order valence-corrected chi connectivity index (χ4v) is 7.88. The molecule has 2 aliphatic carbocycles. The van der Waals surface area contributed by atoms with Crippen LogP contribution < -0.4 is 21.3 Å². The van der Waals surface area contributed by atoms with Gasteiger partial charge in [-0.15, -0.1) is 0 Å². The first-order valence-electron chi connectivity index (χ1n) is 19.0. The summed E-state index contributed by atoms with van der Waals surface area (Å²) in [6.45, 7) is 9.73. The van der Waals surface area contributed by atoms with Gasteiger partial charge in [0.05, 0.1) is 19.2 Å². The Morgan fingerprint density at radius 3 is 2.21 bits per heavy atom. The second-order valence-electron chi connectivity index (χ2n) is 15.9. The van der Waals surface area contributed by atoms with Gasteiger partial charge in [0.25, 0.3) is 5.91 Å². The number of nitrogens with one attached hydrogen (secondary N) is 4. The van der Waals surface area contributed by atoms with Gasteiger partial charge in [0.1, 0.15) is 18.1 Å². The topological polar surface area (TPSA) is 183 Å². The highest BCUT2D eigenvalue weighted by molar-refractivity contribution is 6.38. The fourth-order valence-electron chi connectivity index (χ4n) is 7.88. The third-order valence-electron chi connectivity index (χ3n) is 10.9. The Bertz CT molecular complexity index is 1510. The average molecular weight is 739 g/mol. The number of ether oxygens (including phenoxy) is 1. The summed E-state index contributed by atoms with van der Waals surface area (Å²) >= 11 is 0. The van der Waals surface area contributed by atoms with E-state index in [1.807, 2.05) is 34.6 Å². The van der Waals surface area contributed by atoms with Crippen molar-refractivity contribution in [2.45, 2.75) is 104 Å². The SMILES string of the molecule is CCCC(NC(=O)C1[C@@H]2[C@H](CN1C(=O)[C@@H](NC(=O)OCC(C)C)C1CCCCC1)C2(C)C)C(=O)C(=O)NCC(=O)N[C@H](C(=O)N(C)C)c1ccccc1. The van der Waals surface area contributed by atoms with E-state index in [1.54, 1.807) is 49.3 Å². The maximum atomic E-state index is 14.3. The lowest BCUT2D eigenvalue weighted by Crippen LogP contribution is -2.59. The molecule has 0 aromatic heterocycles. The van der Waals surface area contributed by atoms with E-state index in [2.05, 4.69) is 21.3 Å². The molecule has 1 saturated heterocycles. The maximum absolute atomic E-state index is 14.3. The van der Waals surface area contributed by atoms with Crippen LogP contribution in [0.5, 0.6) is 0 Å². The normalized spacial score (nSPS) is 22.0. The minimum atomic E-state index is -1.20. The van der Waals surface area contributed by atoms with E-state index in [9.17, 15) is 33.6 Å². The standard InChI is InChI=1S/C39H58N6O8/c1-8-15-27(33(47)35(49)40-20-28(46)42-30(36(50)44(6)7)24-16-11-9-12-17-24)41-34(48)32-29-26(39(29,4)5)21-45(32)37(51)31(25-18-13-10-14-19-25)43-38(52)53-22-23(2)3/h9,11-12,16-17,23,25-27,29-32H,8,10,13-15,18-22H2,1-7H3,(H,40,49)(H,41,48)(H,42,46)(H,43,52)/t26-,27?,29-,30-,31-,32?/m0/s1. The summed E-state index contributed by atoms with van der Waals surface area (Å²) in [5.74, 6) is -3.99. The highest BCUT2D eigenvalue weighted by Crippen LogP contribution is 2.65. The summed E-state index contributed by atoms with van der Waals surface area (Å²) in [4.78, 5) is 96.5. The molecule has 1 aliphatic heterocycles. The molecule has 1 heterocycles. The fraction of sp³-hybridized carbons (Fsp3) is 0.667. The minimum absolute atomic E-state index is 0.0586. The number of carbonyl (C=O) groups excluding carboxylic acids is 7. The zero-order chi connectivity index (χ0) is 39.0. The van der Waals surface area contributed by atoms with E-state index in [1.165, 1.54) is 4.90 Å². The Hall–Kier alpha value is -4.49. The lowest BCUT2D eigenvalue weighted by Gasteiger charge is -2.37. The number of likely N-dealkylation sites (tertiary alicyclic amines) is 1. The van der Waals surface area contributed by atoms with Crippen LogP contribution in [0.3, 0.4) is 0 Å². The Morgan fingerprint density at radius 2 is 1.60 bits per heavy atom. The van der Waals surface area contributed by atoms with Crippen molar-refractivity contribution in [1.82, 2.24) is 31.1 Å². The number of hydrogen-bond donors (Lipinski definition) is 4. The summed E-state index contributed by atoms with van der Waals surface area (Å²) in [6, 6.07) is 4.71. The molecular formula is C39H58N6O8. The number of amides is 6. The largest absolute Gasteiger partial charge is 0.449 e. The van der Waals surface area contributed by atoms with Crippen molar-refractivity contribution in [2.24, 2.45) is 29.1 Å². The number of rotatable bonds is 16. The first-order valence-corrected chi connectivity index (χ1v) is 19.0. The van der Waals surface area contributed by atoms with E-state index in [-0.39, 0.29) is 53.9 Å². The molecule has 292 valence electrons. The van der Waals surface area contributed by atoms with Crippen molar-refractivity contribution in [3.05, 3.63) is 35.9 Å². The maximum Gasteiger partial charge on any atom is 0.407 e. The molecular weight excluding hydrogens is 680 g/mol. The lowest BCUT2D eigenvalue weighted by molar-refractivity contribution is -0.145. The molecule has 4 N–H and O–H groups in total. The second-order valence-corrected chi connectivity index (χ2v) is 15.9. The molecule has 3 aliphatic rings. The van der Waals surface area contributed by atoms with Gasteiger partial charge in [0, 0.05) is 20.6 Å². The van der Waals surface area contributed by atoms with Crippen molar-refractivity contribution >= 4 is 41.4 Å². The molecule has 1 aromatic rings. The summed E-state index contributed by atoms with van der Waals surface area (Å²) in [5, 5.41) is 10.6. The molecule has 0 spiro atoms. The van der Waals surface area contributed by atoms with Crippen LogP contribution in [-0.2, 0) is 33.5 Å². The first-order chi connectivity index (χ1) is 25.1. The summed E-state index contributed by atoms with van der Waals surface area (Å²) in [5.41, 5.74) is 0.337. The van der Waals surface area contributed by atoms with Crippen LogP contribution in [0.4, 0.5) is 4.79 Å². The number of benzene rings is 1. The number of piperidine rings is 1. The van der Waals surface area contributed by atoms with Gasteiger partial charge in [-0.1, -0.05) is 90.6 Å². The first kappa shape index (κ1) is 41.3. The number of carbonyl (C=O) groups is 7. The van der Waals surface area contributed by atoms with Gasteiger partial charge in [-0.05, 0) is 53.9 Å². The number of ketones is 1. The van der Waals surface area contributed by atoms with Crippen LogP contribution in [-0.4, -0.2) is 103 Å². The third kappa shape index (κ3) is 10.1. The molecule has 2 unspecified atom stereocenters. The van der Waals surface area contributed by atoms with E-state index < -0.39 is 60.3 Å². The van der Waals surface area contributed by atoms with Crippen molar-refractivity contribution in [2.75, 3.05) is 33.8 Å². The molecule has 6 amide bonds. The van der Waals surface area contributed by atoms with Gasteiger partial charge in [-0.2, -0.15) is 0 Å². The zero-order valence-corrected chi connectivity index (χ0v) is 32.2. The van der Waals surface area contributed by atoms with E-state index >= 15 is 0 Å². The number of alkyl carbamates (subject to hydrolysis) is 1. The molecule has 14 nitrogen and oxygen atoms in total. The number of fused-ring (bicyclic) bond motifs is 1. The second kappa shape index (κ2) is 18.0. The lowest BCUT2D eigenvalue weighted by atomic mass is 9.83. The van der Waals surface area contributed by atoms with E-state index in [0.29, 0.717) is 18.5 Å². The summed E-state index contributed by atoms with van der Waals surface area (Å²) < 4.78 is 5.38. The smallest absolute Gasteiger partial charge is 0.407 e. The number of Topliss-reactive ketones (excluding diaryl/α,β-unsaturated/α-hetero) is 1. The highest BCUT2D eigenvalue weighted by Gasteiger charge is 2.69. The quantitative estimate of drug-likeness (QED) is 0.187. The zero-order valence-electron chi connectivity index (χ0n) is 32.2. The number of likely N-dealkylation sites (N-methyl/N-ethyl adjacent to an activating group) is 1. The Balaban J connectivity index is 1.44. The van der Waals surface area contributed by atoms with Crippen LogP contribution in [0.1, 0.15) is 91.2 Å². The summed E-state index contributed by atoms with van der Waals surface area (Å²) in [7, 11) is 3.13. The molecule has 2 saturated carbocycles. The molecule has 1 aromatic carbocycles. The molecule has 0 bridgehead atoms. The van der Waals surface area contributed by atoms with Crippen LogP contribution >= 0.6 is 0 Å². The molecule has 4 rings (SSSR count). The van der Waals surface area contributed by atoms with Crippen LogP contribution in [0.25, 0.3) is 0 Å². The van der Waals surface area contributed by atoms with Crippen LogP contribution in [0, 0.1) is 29.1 Å². The molecule has 0 radical (unpaired) electrons. The number of hydrogen-bond acceptors (Lipinski definition) is 8. The predicted molar refractivity (Wildman–Crippen MR) is 197 cm³/mol. The van der Waals surface area contributed by atoms with Crippen LogP contribution in [0.15, 0.2) is 30.3 Å². The van der Waals surface area contributed by atoms with Crippen molar-refractivity contribution < 1.29 is 38.3 Å². The van der Waals surface area contributed by atoms with Crippen LogP contribution in [0.2, 0.25) is 0 Å². The van der Waals surface area contributed by atoms with Gasteiger partial charge in [-0.3, -0.25) is 28.8 Å². The monoisotopic (exact) mass is 738 g/mol. The Morgan fingerprint density at radius 1 is 0.943 bits per heavy atom. The molecule has 6 atom stereocenters. The summed E-state index contributed by atoms with van der Waals surface area (Å²) in [6.07, 6.45) is 4.42. The van der Waals surface area contributed by atoms with Gasteiger partial charge >= 0.3 is 6.09 Å². The van der Waals surface area contributed by atoms with E-state index in [0.717, 1.165) is 32.1 Å². The van der Waals surface area contributed by atoms with Crippen molar-refractivity contribution in [3.63, 3.8) is 0 Å². The predicted octanol–water partition coefficient (Wildman–Crippen LogP) is 2.72. The molecule has 3 fully saturated rings. The Labute approximate surface area is 312 Å². The molecule has 14 heteroatoms. The van der Waals surface area contributed by atoms with Crippen molar-refractivity contribution in [3.8, 4) is 0 Å². The molecule has 53 heavy (non-hydrogen) atoms. The average Bonchev–Trinajstić information content (AvgIpc) is 3.43. The highest BCUT2D eigenvalue weighted by atomic mass is 16.5. The number of nitrogens with zero attached hydrogens (tertiary/aromatic N) is 2. The Kier molecular flexibility index (Phi) is 14.0. The van der Waals surface area contributed by atoms with E-state index in [4.69, 9.17) is 4.74 Å². The minimum Gasteiger partial charge on any atom is -0.449 e. The third-order valence-corrected chi connectivity index (χ3v) is 10.9. The van der Waals surface area contributed by atoms with Gasteiger partial charge < -0.3 is 35.8 Å². The van der Waals surface area contributed by atoms with Gasteiger partial charge in [0.15, 0.2) is 0 Å². The van der Waals surface area contributed by atoms with Gasteiger partial charge in [0.2, 0.25) is 29.4 Å². The van der Waals surface area contributed by atoms with Gasteiger partial charge in [-0.25, -0.2) is 4.79 Å².